The van der Waals surface area contributed by atoms with E-state index in [1.54, 1.807) is 6.08 Å². The van der Waals surface area contributed by atoms with Crippen LogP contribution in [0.2, 0.25) is 0 Å². The third-order valence-corrected chi connectivity index (χ3v) is 3.56. The van der Waals surface area contributed by atoms with Gasteiger partial charge in [0, 0.05) is 5.56 Å². The summed E-state index contributed by atoms with van der Waals surface area (Å²) in [6, 6.07) is 7.47. The first kappa shape index (κ1) is 13.7. The molecule has 4 nitrogen and oxygen atoms in total. The quantitative estimate of drug-likeness (QED) is 0.859. The highest BCUT2D eigenvalue weighted by atomic mass is 32.2. The van der Waals surface area contributed by atoms with Crippen LogP contribution in [0, 0.1) is 0 Å². The number of amides is 2. The highest BCUT2D eigenvalue weighted by Crippen LogP contribution is 2.29. The van der Waals surface area contributed by atoms with Crippen LogP contribution in [0.4, 0.5) is 4.79 Å². The van der Waals surface area contributed by atoms with Gasteiger partial charge in [-0.2, -0.15) is 0 Å². The molecule has 2 rings (SSSR count). The predicted molar refractivity (Wildman–Crippen MR) is 75.9 cm³/mol. The smallest absolute Gasteiger partial charge is 0.290 e. The molecule has 1 aliphatic heterocycles. The number of benzene rings is 1. The molecule has 2 amide bonds. The molecule has 1 aliphatic rings. The van der Waals surface area contributed by atoms with Gasteiger partial charge in [-0.25, -0.2) is 0 Å². The Morgan fingerprint density at radius 2 is 2.11 bits per heavy atom. The Kier molecular flexibility index (Phi) is 4.27. The van der Waals surface area contributed by atoms with E-state index in [0.29, 0.717) is 4.91 Å². The molecule has 0 aromatic heterocycles. The fourth-order valence-corrected chi connectivity index (χ4v) is 2.24. The lowest BCUT2D eigenvalue weighted by Crippen LogP contribution is -2.17. The van der Waals surface area contributed by atoms with Crippen LogP contribution in [0.15, 0.2) is 29.2 Å². The molecular weight excluding hydrogens is 262 g/mol. The van der Waals surface area contributed by atoms with Gasteiger partial charge in [0.15, 0.2) is 0 Å². The number of imide groups is 1. The molecule has 1 fully saturated rings. The summed E-state index contributed by atoms with van der Waals surface area (Å²) in [5, 5.41) is 1.90. The normalized spacial score (nSPS) is 18.5. The van der Waals surface area contributed by atoms with Gasteiger partial charge in [-0.05, 0) is 37.2 Å². The van der Waals surface area contributed by atoms with Gasteiger partial charge in [0.25, 0.3) is 11.1 Å². The zero-order valence-electron chi connectivity index (χ0n) is 10.8. The van der Waals surface area contributed by atoms with Crippen molar-refractivity contribution >= 4 is 29.0 Å². The summed E-state index contributed by atoms with van der Waals surface area (Å²) in [6.45, 7) is 4.04. The van der Waals surface area contributed by atoms with Crippen molar-refractivity contribution in [2.45, 2.75) is 26.4 Å². The molecule has 1 aromatic rings. The molecule has 1 heterocycles. The van der Waals surface area contributed by atoms with E-state index in [-0.39, 0.29) is 17.3 Å². The molecule has 0 radical (unpaired) electrons. The van der Waals surface area contributed by atoms with Crippen molar-refractivity contribution in [2.75, 3.05) is 0 Å². The minimum atomic E-state index is -0.353. The maximum Gasteiger partial charge on any atom is 0.290 e. The summed E-state index contributed by atoms with van der Waals surface area (Å²) in [7, 11) is 0. The Labute approximate surface area is 116 Å². The summed E-state index contributed by atoms with van der Waals surface area (Å²) in [6.07, 6.45) is 2.69. The van der Waals surface area contributed by atoms with E-state index in [0.717, 1.165) is 29.5 Å². The van der Waals surface area contributed by atoms with E-state index in [4.69, 9.17) is 4.74 Å². The summed E-state index contributed by atoms with van der Waals surface area (Å²) in [5.41, 5.74) is 0.801. The monoisotopic (exact) mass is 277 g/mol. The molecule has 5 heteroatoms. The molecule has 1 atom stereocenters. The van der Waals surface area contributed by atoms with Gasteiger partial charge in [-0.1, -0.05) is 25.1 Å². The van der Waals surface area contributed by atoms with Gasteiger partial charge in [-0.3, -0.25) is 14.9 Å². The molecule has 1 saturated heterocycles. The molecule has 1 N–H and O–H groups in total. The van der Waals surface area contributed by atoms with E-state index in [9.17, 15) is 9.59 Å². The number of ether oxygens (including phenoxy) is 1. The van der Waals surface area contributed by atoms with Crippen LogP contribution in [0.5, 0.6) is 5.75 Å². The first-order valence-corrected chi connectivity index (χ1v) is 6.92. The topological polar surface area (TPSA) is 55.4 Å². The van der Waals surface area contributed by atoms with Crippen molar-refractivity contribution in [3.63, 3.8) is 0 Å². The van der Waals surface area contributed by atoms with E-state index in [1.807, 2.05) is 38.1 Å². The van der Waals surface area contributed by atoms with Crippen LogP contribution in [0.1, 0.15) is 25.8 Å². The molecular formula is C14H15NO3S. The molecule has 0 aliphatic carbocycles. The van der Waals surface area contributed by atoms with Gasteiger partial charge in [0.1, 0.15) is 5.75 Å². The van der Waals surface area contributed by atoms with Crippen molar-refractivity contribution < 1.29 is 14.3 Å². The third-order valence-electron chi connectivity index (χ3n) is 2.75. The van der Waals surface area contributed by atoms with E-state index >= 15 is 0 Å². The minimum absolute atomic E-state index is 0.103. The number of rotatable bonds is 4. The van der Waals surface area contributed by atoms with Crippen molar-refractivity contribution in [3.8, 4) is 5.75 Å². The maximum absolute atomic E-state index is 11.5. The minimum Gasteiger partial charge on any atom is -0.490 e. The maximum atomic E-state index is 11.5. The molecule has 19 heavy (non-hydrogen) atoms. The van der Waals surface area contributed by atoms with Crippen LogP contribution in [-0.2, 0) is 4.79 Å². The number of nitrogens with one attached hydrogen (secondary N) is 1. The molecule has 0 bridgehead atoms. The Morgan fingerprint density at radius 1 is 1.37 bits per heavy atom. The predicted octanol–water partition coefficient (Wildman–Crippen LogP) is 3.19. The number of thioether (sulfide) groups is 1. The van der Waals surface area contributed by atoms with Gasteiger partial charge in [0.05, 0.1) is 11.0 Å². The SMILES string of the molecule is CC[C@@H](C)Oc1ccccc1/C=C1\SC(=O)NC1=O. The second kappa shape index (κ2) is 5.93. The Balaban J connectivity index is 2.27. The fourth-order valence-electron chi connectivity index (χ4n) is 1.57. The molecule has 0 unspecified atom stereocenters. The Bertz CT molecular complexity index is 539. The van der Waals surface area contributed by atoms with Gasteiger partial charge in [-0.15, -0.1) is 0 Å². The largest absolute Gasteiger partial charge is 0.490 e. The molecule has 0 spiro atoms. The van der Waals surface area contributed by atoms with Crippen LogP contribution in [0.3, 0.4) is 0 Å². The van der Waals surface area contributed by atoms with E-state index in [1.165, 1.54) is 0 Å². The van der Waals surface area contributed by atoms with Crippen LogP contribution >= 0.6 is 11.8 Å². The average Bonchev–Trinajstić information content (AvgIpc) is 2.70. The van der Waals surface area contributed by atoms with Crippen molar-refractivity contribution in [3.05, 3.63) is 34.7 Å². The van der Waals surface area contributed by atoms with Crippen LogP contribution in [0.25, 0.3) is 6.08 Å². The second-order valence-electron chi connectivity index (χ2n) is 4.23. The lowest BCUT2D eigenvalue weighted by atomic mass is 10.1. The van der Waals surface area contributed by atoms with Gasteiger partial charge in [0.2, 0.25) is 0 Å². The highest BCUT2D eigenvalue weighted by molar-refractivity contribution is 8.18. The average molecular weight is 277 g/mol. The van der Waals surface area contributed by atoms with Crippen LogP contribution in [-0.4, -0.2) is 17.3 Å². The second-order valence-corrected chi connectivity index (χ2v) is 5.24. The summed E-state index contributed by atoms with van der Waals surface area (Å²) in [5.74, 6) is 0.366. The summed E-state index contributed by atoms with van der Waals surface area (Å²) < 4.78 is 5.80. The van der Waals surface area contributed by atoms with Gasteiger partial charge < -0.3 is 4.74 Å². The Morgan fingerprint density at radius 3 is 2.74 bits per heavy atom. The summed E-state index contributed by atoms with van der Waals surface area (Å²) in [4.78, 5) is 23.0. The van der Waals surface area contributed by atoms with Crippen molar-refractivity contribution in [1.29, 1.82) is 0 Å². The van der Waals surface area contributed by atoms with Crippen molar-refractivity contribution in [2.24, 2.45) is 0 Å². The fraction of sp³-hybridized carbons (Fsp3) is 0.286. The summed E-state index contributed by atoms with van der Waals surface area (Å²) >= 11 is 0.908. The lowest BCUT2D eigenvalue weighted by molar-refractivity contribution is -0.115. The third kappa shape index (κ3) is 3.38. The standard InChI is InChI=1S/C14H15NO3S/c1-3-9(2)18-11-7-5-4-6-10(11)8-12-13(16)15-14(17)19-12/h4-9H,3H2,1-2H3,(H,15,16,17)/b12-8-/t9-/m1/s1. The highest BCUT2D eigenvalue weighted by Gasteiger charge is 2.25. The number of para-hydroxylation sites is 1. The van der Waals surface area contributed by atoms with E-state index < -0.39 is 0 Å². The number of hydrogen-bond donors (Lipinski definition) is 1. The molecule has 0 saturated carbocycles. The Hall–Kier alpha value is -1.75. The lowest BCUT2D eigenvalue weighted by Gasteiger charge is -2.14. The number of carbonyl (C=O) groups is 2. The van der Waals surface area contributed by atoms with Crippen molar-refractivity contribution in [1.82, 2.24) is 5.32 Å². The van der Waals surface area contributed by atoms with E-state index in [2.05, 4.69) is 5.32 Å². The first-order chi connectivity index (χ1) is 9.10. The zero-order valence-corrected chi connectivity index (χ0v) is 11.6. The van der Waals surface area contributed by atoms with Gasteiger partial charge >= 0.3 is 0 Å². The zero-order chi connectivity index (χ0) is 13.8. The molecule has 1 aromatic carbocycles. The van der Waals surface area contributed by atoms with Crippen LogP contribution < -0.4 is 10.1 Å². The number of hydrogen-bond acceptors (Lipinski definition) is 4. The molecule has 100 valence electrons. The first-order valence-electron chi connectivity index (χ1n) is 6.10. The number of carbonyl (C=O) groups excluding carboxylic acids is 2.